The molecule has 0 saturated carbocycles. The number of carbonyl (C=O) groups excluding carboxylic acids is 1. The normalized spacial score (nSPS) is 10.5. The quantitative estimate of drug-likeness (QED) is 0.634. The highest BCUT2D eigenvalue weighted by Gasteiger charge is 2.13. The molecule has 0 radical (unpaired) electrons. The molecular formula is C22H21N3O2S. The molecule has 28 heavy (non-hydrogen) atoms. The van der Waals surface area contributed by atoms with E-state index in [-0.39, 0.29) is 11.7 Å². The Hall–Kier alpha value is -3.04. The monoisotopic (exact) mass is 391 g/mol. The summed E-state index contributed by atoms with van der Waals surface area (Å²) in [5.74, 6) is 0.576. The lowest BCUT2D eigenvalue weighted by atomic mass is 10.1. The highest BCUT2D eigenvalue weighted by atomic mass is 32.2. The summed E-state index contributed by atoms with van der Waals surface area (Å²) in [6.07, 6.45) is 0. The average Bonchev–Trinajstić information content (AvgIpc) is 2.66. The van der Waals surface area contributed by atoms with Gasteiger partial charge in [-0.25, -0.2) is 4.98 Å². The number of hydrogen-bond donors (Lipinski definition) is 1. The van der Waals surface area contributed by atoms with Gasteiger partial charge in [-0.15, -0.1) is 0 Å². The smallest absolute Gasteiger partial charge is 0.234 e. The van der Waals surface area contributed by atoms with Crippen LogP contribution in [0.3, 0.4) is 0 Å². The van der Waals surface area contributed by atoms with Crippen LogP contribution in [0.1, 0.15) is 22.3 Å². The summed E-state index contributed by atoms with van der Waals surface area (Å²) < 4.78 is 5.29. The van der Waals surface area contributed by atoms with Crippen molar-refractivity contribution in [2.24, 2.45) is 0 Å². The molecule has 5 nitrogen and oxygen atoms in total. The summed E-state index contributed by atoms with van der Waals surface area (Å²) in [6.45, 7) is 5.97. The number of nitrogens with one attached hydrogen (secondary N) is 1. The van der Waals surface area contributed by atoms with Crippen LogP contribution < -0.4 is 10.1 Å². The van der Waals surface area contributed by atoms with Gasteiger partial charge in [-0.2, -0.15) is 5.26 Å². The molecular weight excluding hydrogens is 370 g/mol. The van der Waals surface area contributed by atoms with E-state index >= 15 is 0 Å². The first-order valence-electron chi connectivity index (χ1n) is 8.80. The first-order valence-corrected chi connectivity index (χ1v) is 9.79. The maximum atomic E-state index is 12.4. The summed E-state index contributed by atoms with van der Waals surface area (Å²) in [4.78, 5) is 17.1. The van der Waals surface area contributed by atoms with E-state index in [1.807, 2.05) is 51.1 Å². The number of aryl methyl sites for hydroxylation is 3. The Labute approximate surface area is 168 Å². The molecule has 3 rings (SSSR count). The van der Waals surface area contributed by atoms with Gasteiger partial charge >= 0.3 is 0 Å². The van der Waals surface area contributed by atoms with Gasteiger partial charge in [-0.05, 0) is 56.2 Å². The summed E-state index contributed by atoms with van der Waals surface area (Å²) in [5.41, 5.74) is 5.16. The molecule has 0 aliphatic rings. The van der Waals surface area contributed by atoms with Crippen LogP contribution in [-0.2, 0) is 4.79 Å². The van der Waals surface area contributed by atoms with Crippen molar-refractivity contribution in [1.82, 2.24) is 4.98 Å². The second-order valence-electron chi connectivity index (χ2n) is 6.65. The van der Waals surface area contributed by atoms with Crippen LogP contribution in [-0.4, -0.2) is 23.8 Å². The van der Waals surface area contributed by atoms with E-state index < -0.39 is 0 Å². The zero-order valence-electron chi connectivity index (χ0n) is 16.3. The number of amides is 1. The molecule has 6 heteroatoms. The Kier molecular flexibility index (Phi) is 5.86. The molecule has 1 aromatic heterocycles. The number of carbonyl (C=O) groups is 1. The maximum absolute atomic E-state index is 12.4. The van der Waals surface area contributed by atoms with Crippen LogP contribution in [0.2, 0.25) is 0 Å². The van der Waals surface area contributed by atoms with Gasteiger partial charge in [0.25, 0.3) is 0 Å². The fraction of sp³-hybridized carbons (Fsp3) is 0.227. The first-order chi connectivity index (χ1) is 13.4. The van der Waals surface area contributed by atoms with E-state index in [0.717, 1.165) is 27.6 Å². The minimum Gasteiger partial charge on any atom is -0.495 e. The molecule has 0 fully saturated rings. The molecule has 1 amide bonds. The lowest BCUT2D eigenvalue weighted by Gasteiger charge is -2.11. The summed E-state index contributed by atoms with van der Waals surface area (Å²) in [7, 11) is 1.57. The van der Waals surface area contributed by atoms with Crippen molar-refractivity contribution in [3.05, 3.63) is 58.7 Å². The minimum absolute atomic E-state index is 0.148. The highest BCUT2D eigenvalue weighted by Crippen LogP contribution is 2.28. The van der Waals surface area contributed by atoms with Crippen LogP contribution in [0.25, 0.3) is 10.9 Å². The van der Waals surface area contributed by atoms with Crippen molar-refractivity contribution in [2.75, 3.05) is 18.2 Å². The zero-order valence-corrected chi connectivity index (χ0v) is 17.1. The second kappa shape index (κ2) is 8.32. The molecule has 3 aromatic rings. The number of nitrogens with zero attached hydrogens (tertiary/aromatic N) is 2. The van der Waals surface area contributed by atoms with Crippen LogP contribution in [0.5, 0.6) is 5.75 Å². The number of ether oxygens (including phenoxy) is 1. The summed E-state index contributed by atoms with van der Waals surface area (Å²) in [6, 6.07) is 13.7. The van der Waals surface area contributed by atoms with Gasteiger partial charge in [-0.1, -0.05) is 29.5 Å². The van der Waals surface area contributed by atoms with Gasteiger partial charge < -0.3 is 10.1 Å². The average molecular weight is 391 g/mol. The number of methoxy groups -OCH3 is 1. The Morgan fingerprint density at radius 2 is 1.96 bits per heavy atom. The van der Waals surface area contributed by atoms with Gasteiger partial charge in [0.2, 0.25) is 5.91 Å². The lowest BCUT2D eigenvalue weighted by Crippen LogP contribution is -2.15. The molecule has 1 N–H and O–H groups in total. The van der Waals surface area contributed by atoms with E-state index in [9.17, 15) is 10.1 Å². The Balaban J connectivity index is 1.80. The van der Waals surface area contributed by atoms with Crippen LogP contribution in [0, 0.1) is 32.1 Å². The molecule has 2 aromatic carbocycles. The summed E-state index contributed by atoms with van der Waals surface area (Å²) in [5, 5.41) is 13.9. The maximum Gasteiger partial charge on any atom is 0.234 e. The number of pyridine rings is 1. The van der Waals surface area contributed by atoms with Gasteiger partial charge in [0.05, 0.1) is 29.6 Å². The zero-order chi connectivity index (χ0) is 20.3. The number of anilines is 1. The molecule has 0 atom stereocenters. The first kappa shape index (κ1) is 19.7. The van der Waals surface area contributed by atoms with Crippen molar-refractivity contribution in [1.29, 1.82) is 5.26 Å². The minimum atomic E-state index is -0.180. The third-order valence-corrected chi connectivity index (χ3v) is 5.30. The van der Waals surface area contributed by atoms with E-state index in [4.69, 9.17) is 4.74 Å². The fourth-order valence-electron chi connectivity index (χ4n) is 3.06. The third-order valence-electron chi connectivity index (χ3n) is 4.31. The van der Waals surface area contributed by atoms with Gasteiger partial charge in [0.1, 0.15) is 16.8 Å². The van der Waals surface area contributed by atoms with Crippen molar-refractivity contribution < 1.29 is 9.53 Å². The molecule has 0 bridgehead atoms. The number of nitriles is 1. The van der Waals surface area contributed by atoms with Crippen molar-refractivity contribution >= 4 is 34.3 Å². The Morgan fingerprint density at radius 3 is 2.68 bits per heavy atom. The molecule has 0 spiro atoms. The Morgan fingerprint density at radius 1 is 1.18 bits per heavy atom. The molecule has 1 heterocycles. The van der Waals surface area contributed by atoms with Gasteiger partial charge in [-0.3, -0.25) is 4.79 Å². The number of fused-ring (bicyclic) bond motifs is 1. The fourth-order valence-corrected chi connectivity index (χ4v) is 3.82. The van der Waals surface area contributed by atoms with Crippen molar-refractivity contribution in [3.8, 4) is 11.8 Å². The predicted molar refractivity (Wildman–Crippen MR) is 113 cm³/mol. The van der Waals surface area contributed by atoms with Crippen LogP contribution >= 0.6 is 11.8 Å². The number of thioether (sulfide) groups is 1. The SMILES string of the molecule is COc1ccc(C)cc1NC(=O)CSc1nc2c(C)cc(C)cc2cc1C#N. The molecule has 0 aliphatic heterocycles. The molecule has 0 unspecified atom stereocenters. The van der Waals surface area contributed by atoms with E-state index in [2.05, 4.69) is 22.4 Å². The molecule has 142 valence electrons. The molecule has 0 aliphatic carbocycles. The highest BCUT2D eigenvalue weighted by molar-refractivity contribution is 8.00. The van der Waals surface area contributed by atoms with Crippen molar-refractivity contribution in [3.63, 3.8) is 0 Å². The van der Waals surface area contributed by atoms with E-state index in [1.165, 1.54) is 11.8 Å². The van der Waals surface area contributed by atoms with Crippen LogP contribution in [0.15, 0.2) is 41.4 Å². The largest absolute Gasteiger partial charge is 0.495 e. The number of benzene rings is 2. The number of rotatable bonds is 5. The summed E-state index contributed by atoms with van der Waals surface area (Å²) >= 11 is 1.26. The standard InChI is InChI=1S/C22H21N3O2S/c1-13-5-6-19(27-4)18(9-13)24-20(26)12-28-22-17(11-23)10-16-8-14(2)7-15(3)21(16)25-22/h5-10H,12H2,1-4H3,(H,24,26). The predicted octanol–water partition coefficient (Wildman–Crippen LogP) is 4.77. The van der Waals surface area contributed by atoms with E-state index in [0.29, 0.717) is 22.0 Å². The van der Waals surface area contributed by atoms with E-state index in [1.54, 1.807) is 7.11 Å². The Bertz CT molecular complexity index is 1100. The van der Waals surface area contributed by atoms with Crippen LogP contribution in [0.4, 0.5) is 5.69 Å². The van der Waals surface area contributed by atoms with Gasteiger partial charge in [0.15, 0.2) is 0 Å². The number of aromatic nitrogens is 1. The number of hydrogen-bond acceptors (Lipinski definition) is 5. The second-order valence-corrected chi connectivity index (χ2v) is 7.61. The third kappa shape index (κ3) is 4.26. The molecule has 0 saturated heterocycles. The lowest BCUT2D eigenvalue weighted by molar-refractivity contribution is -0.113. The van der Waals surface area contributed by atoms with Crippen molar-refractivity contribution in [2.45, 2.75) is 25.8 Å². The van der Waals surface area contributed by atoms with Gasteiger partial charge in [0, 0.05) is 5.39 Å². The topological polar surface area (TPSA) is 75.0 Å².